The van der Waals surface area contributed by atoms with Gasteiger partial charge in [-0.1, -0.05) is 18.6 Å². The van der Waals surface area contributed by atoms with Crippen molar-refractivity contribution in [2.45, 2.75) is 32.1 Å². The third-order valence-corrected chi connectivity index (χ3v) is 4.99. The number of hydrogen-bond acceptors (Lipinski definition) is 3. The molecule has 6 heteroatoms. The monoisotopic (exact) mass is 337 g/mol. The van der Waals surface area contributed by atoms with E-state index in [9.17, 15) is 4.79 Å². The van der Waals surface area contributed by atoms with Crippen molar-refractivity contribution in [1.82, 2.24) is 24.6 Å². The number of fused-ring (bicyclic) bond motifs is 1. The number of nitrogens with one attached hydrogen (secondary N) is 1. The minimum atomic E-state index is 0.270. The van der Waals surface area contributed by atoms with Crippen LogP contribution in [0.2, 0.25) is 0 Å². The number of likely N-dealkylation sites (tertiary alicyclic amines) is 1. The Bertz CT molecular complexity index is 894. The van der Waals surface area contributed by atoms with Gasteiger partial charge in [0.15, 0.2) is 5.82 Å². The fourth-order valence-corrected chi connectivity index (χ4v) is 3.54. The molecular formula is C19H23N5O. The highest BCUT2D eigenvalue weighted by molar-refractivity contribution is 5.93. The summed E-state index contributed by atoms with van der Waals surface area (Å²) in [7, 11) is 2.04. The quantitative estimate of drug-likeness (QED) is 0.796. The van der Waals surface area contributed by atoms with Gasteiger partial charge < -0.3 is 9.47 Å². The lowest BCUT2D eigenvalue weighted by Gasteiger charge is -2.19. The summed E-state index contributed by atoms with van der Waals surface area (Å²) in [6, 6.07) is 8.27. The zero-order valence-corrected chi connectivity index (χ0v) is 14.5. The van der Waals surface area contributed by atoms with E-state index in [1.54, 1.807) is 0 Å². The fourth-order valence-electron chi connectivity index (χ4n) is 3.54. The summed E-state index contributed by atoms with van der Waals surface area (Å²) in [6.07, 6.45) is 6.70. The lowest BCUT2D eigenvalue weighted by molar-refractivity contribution is -0.130. The first-order valence-corrected chi connectivity index (χ1v) is 8.96. The van der Waals surface area contributed by atoms with Gasteiger partial charge in [-0.25, -0.2) is 4.98 Å². The van der Waals surface area contributed by atoms with E-state index in [1.807, 2.05) is 30.3 Å². The highest BCUT2D eigenvalue weighted by Gasteiger charge is 2.17. The number of carbonyl (C=O) groups is 1. The molecule has 0 saturated carbocycles. The summed E-state index contributed by atoms with van der Waals surface area (Å²) in [5, 5.41) is 8.59. The molecular weight excluding hydrogens is 314 g/mol. The van der Waals surface area contributed by atoms with Gasteiger partial charge >= 0.3 is 0 Å². The molecule has 2 aromatic heterocycles. The molecule has 1 aliphatic rings. The smallest absolute Gasteiger partial charge is 0.222 e. The van der Waals surface area contributed by atoms with Crippen LogP contribution in [0.1, 0.15) is 31.5 Å². The van der Waals surface area contributed by atoms with Gasteiger partial charge in [-0.3, -0.25) is 9.89 Å². The van der Waals surface area contributed by atoms with Crippen LogP contribution in [0.15, 0.2) is 30.5 Å². The van der Waals surface area contributed by atoms with Gasteiger partial charge in [0, 0.05) is 55.6 Å². The molecule has 4 rings (SSSR count). The molecule has 1 N–H and O–H groups in total. The van der Waals surface area contributed by atoms with Gasteiger partial charge in [-0.05, 0) is 25.0 Å². The molecule has 0 unspecified atom stereocenters. The van der Waals surface area contributed by atoms with E-state index in [0.29, 0.717) is 25.2 Å². The molecule has 1 aromatic carbocycles. The van der Waals surface area contributed by atoms with Gasteiger partial charge in [0.2, 0.25) is 5.91 Å². The Hall–Kier alpha value is -2.63. The first-order valence-electron chi connectivity index (χ1n) is 8.96. The number of amides is 1. The Kier molecular flexibility index (Phi) is 4.26. The van der Waals surface area contributed by atoms with Crippen LogP contribution in [0.5, 0.6) is 0 Å². The summed E-state index contributed by atoms with van der Waals surface area (Å²) in [4.78, 5) is 18.7. The summed E-state index contributed by atoms with van der Waals surface area (Å²) in [6.45, 7) is 1.58. The van der Waals surface area contributed by atoms with Gasteiger partial charge in [0.1, 0.15) is 5.82 Å². The summed E-state index contributed by atoms with van der Waals surface area (Å²) in [5.74, 6) is 1.82. The SMILES string of the molecule is Cn1ccc2c(-c3n[nH]c(CCN4CCCCCC4=O)n3)cccc21. The zero-order valence-electron chi connectivity index (χ0n) is 14.5. The van der Waals surface area contributed by atoms with Crippen LogP contribution in [-0.2, 0) is 18.3 Å². The van der Waals surface area contributed by atoms with E-state index in [0.717, 1.165) is 42.6 Å². The van der Waals surface area contributed by atoms with E-state index in [4.69, 9.17) is 0 Å². The normalized spacial score (nSPS) is 15.7. The molecule has 1 amide bonds. The van der Waals surface area contributed by atoms with Gasteiger partial charge in [0.05, 0.1) is 0 Å². The van der Waals surface area contributed by atoms with Crippen molar-refractivity contribution in [1.29, 1.82) is 0 Å². The highest BCUT2D eigenvalue weighted by Crippen LogP contribution is 2.26. The lowest BCUT2D eigenvalue weighted by Crippen LogP contribution is -2.32. The zero-order chi connectivity index (χ0) is 17.2. The molecule has 0 radical (unpaired) electrons. The molecule has 0 atom stereocenters. The number of hydrogen-bond donors (Lipinski definition) is 1. The van der Waals surface area contributed by atoms with Crippen LogP contribution in [-0.4, -0.2) is 43.6 Å². The molecule has 3 heterocycles. The molecule has 1 fully saturated rings. The minimum absolute atomic E-state index is 0.270. The van der Waals surface area contributed by atoms with Crippen molar-refractivity contribution < 1.29 is 4.79 Å². The number of aromatic nitrogens is 4. The largest absolute Gasteiger partial charge is 0.351 e. The van der Waals surface area contributed by atoms with E-state index in [-0.39, 0.29) is 5.91 Å². The van der Waals surface area contributed by atoms with Gasteiger partial charge in [-0.15, -0.1) is 0 Å². The van der Waals surface area contributed by atoms with E-state index in [1.165, 1.54) is 5.52 Å². The molecule has 1 saturated heterocycles. The Morgan fingerprint density at radius 3 is 3.04 bits per heavy atom. The van der Waals surface area contributed by atoms with Crippen LogP contribution in [0.25, 0.3) is 22.3 Å². The van der Waals surface area contributed by atoms with Crippen molar-refractivity contribution >= 4 is 16.8 Å². The highest BCUT2D eigenvalue weighted by atomic mass is 16.2. The molecule has 1 aliphatic heterocycles. The predicted molar refractivity (Wildman–Crippen MR) is 97.0 cm³/mol. The van der Waals surface area contributed by atoms with E-state index < -0.39 is 0 Å². The third-order valence-electron chi connectivity index (χ3n) is 4.99. The number of aryl methyl sites for hydroxylation is 1. The molecule has 3 aromatic rings. The molecule has 6 nitrogen and oxygen atoms in total. The van der Waals surface area contributed by atoms with E-state index in [2.05, 4.69) is 31.9 Å². The number of rotatable bonds is 4. The topological polar surface area (TPSA) is 66.8 Å². The maximum Gasteiger partial charge on any atom is 0.222 e. The van der Waals surface area contributed by atoms with Crippen molar-refractivity contribution in [2.24, 2.45) is 7.05 Å². The van der Waals surface area contributed by atoms with Gasteiger partial charge in [-0.2, -0.15) is 5.10 Å². The predicted octanol–water partition coefficient (Wildman–Crippen LogP) is 2.91. The second kappa shape index (κ2) is 6.70. The second-order valence-corrected chi connectivity index (χ2v) is 6.71. The van der Waals surface area contributed by atoms with Crippen LogP contribution in [0, 0.1) is 0 Å². The number of H-pyrrole nitrogens is 1. The number of nitrogens with zero attached hydrogens (tertiary/aromatic N) is 4. The Balaban J connectivity index is 1.51. The lowest BCUT2D eigenvalue weighted by atomic mass is 10.1. The molecule has 0 spiro atoms. The maximum absolute atomic E-state index is 12.1. The number of benzene rings is 1. The molecule has 0 aliphatic carbocycles. The fraction of sp³-hybridized carbons (Fsp3) is 0.421. The summed E-state index contributed by atoms with van der Waals surface area (Å²) < 4.78 is 2.09. The van der Waals surface area contributed by atoms with Crippen LogP contribution < -0.4 is 0 Å². The van der Waals surface area contributed by atoms with Crippen LogP contribution in [0.4, 0.5) is 0 Å². The number of aromatic amines is 1. The molecule has 0 bridgehead atoms. The molecule has 25 heavy (non-hydrogen) atoms. The Morgan fingerprint density at radius 1 is 1.20 bits per heavy atom. The van der Waals surface area contributed by atoms with Crippen molar-refractivity contribution in [3.05, 3.63) is 36.3 Å². The van der Waals surface area contributed by atoms with E-state index >= 15 is 0 Å². The van der Waals surface area contributed by atoms with Crippen LogP contribution >= 0.6 is 0 Å². The standard InChI is InChI=1S/C19H23N5O/c1-23-12-9-14-15(6-5-7-16(14)23)19-20-17(21-22-19)10-13-24-11-4-2-3-8-18(24)25/h5-7,9,12H,2-4,8,10-11,13H2,1H3,(H,20,21,22). The maximum atomic E-state index is 12.1. The minimum Gasteiger partial charge on any atom is -0.351 e. The second-order valence-electron chi connectivity index (χ2n) is 6.71. The Morgan fingerprint density at radius 2 is 2.12 bits per heavy atom. The van der Waals surface area contributed by atoms with Crippen LogP contribution in [0.3, 0.4) is 0 Å². The third kappa shape index (κ3) is 3.16. The van der Waals surface area contributed by atoms with Crippen molar-refractivity contribution in [3.63, 3.8) is 0 Å². The van der Waals surface area contributed by atoms with Crippen molar-refractivity contribution in [2.75, 3.05) is 13.1 Å². The average molecular weight is 337 g/mol. The Labute approximate surface area is 146 Å². The number of carbonyl (C=O) groups excluding carboxylic acids is 1. The summed E-state index contributed by atoms with van der Waals surface area (Å²) >= 11 is 0. The summed E-state index contributed by atoms with van der Waals surface area (Å²) in [5.41, 5.74) is 2.20. The first kappa shape index (κ1) is 15.9. The molecule has 130 valence electrons. The van der Waals surface area contributed by atoms with Gasteiger partial charge in [0.25, 0.3) is 0 Å². The average Bonchev–Trinajstić information content (AvgIpc) is 3.18. The van der Waals surface area contributed by atoms with Crippen molar-refractivity contribution in [3.8, 4) is 11.4 Å². The first-order chi connectivity index (χ1) is 12.2.